The fourth-order valence-corrected chi connectivity index (χ4v) is 2.75. The van der Waals surface area contributed by atoms with Crippen LogP contribution in [0.3, 0.4) is 0 Å². The van der Waals surface area contributed by atoms with Gasteiger partial charge in [0.1, 0.15) is 11.3 Å². The summed E-state index contributed by atoms with van der Waals surface area (Å²) in [4.78, 5) is 0. The van der Waals surface area contributed by atoms with Crippen molar-refractivity contribution >= 4 is 39.1 Å². The summed E-state index contributed by atoms with van der Waals surface area (Å²) >= 11 is 0. The van der Waals surface area contributed by atoms with E-state index in [-0.39, 0.29) is 5.75 Å². The Morgan fingerprint density at radius 3 is 2.56 bits per heavy atom. The maximum atomic E-state index is 10.1. The Labute approximate surface area is 103 Å². The van der Waals surface area contributed by atoms with Crippen molar-refractivity contribution in [1.29, 1.82) is 0 Å². The number of hydrogen-bond donors (Lipinski definition) is 1. The number of fused-ring (bicyclic) bond motifs is 2. The van der Waals surface area contributed by atoms with E-state index < -0.39 is 0 Å². The summed E-state index contributed by atoms with van der Waals surface area (Å²) in [5.41, 5.74) is 0.859. The van der Waals surface area contributed by atoms with Gasteiger partial charge < -0.3 is 9.52 Å². The highest BCUT2D eigenvalue weighted by atomic mass is 16.3. The molecule has 0 aliphatic carbocycles. The van der Waals surface area contributed by atoms with E-state index in [9.17, 15) is 5.11 Å². The number of aromatic hydroxyl groups is 1. The number of benzene rings is 3. The molecule has 0 amide bonds. The number of rotatable bonds is 0. The second-order valence-corrected chi connectivity index (χ2v) is 4.51. The first-order chi connectivity index (χ1) is 8.77. The molecule has 2 nitrogen and oxygen atoms in total. The molecule has 0 bridgehead atoms. The molecule has 0 atom stereocenters. The van der Waals surface area contributed by atoms with Gasteiger partial charge in [-0.15, -0.1) is 0 Å². The first-order valence-electron chi connectivity index (χ1n) is 5.79. The Morgan fingerprint density at radius 2 is 1.67 bits per heavy atom. The monoisotopic (exact) mass is 234 g/mol. The predicted octanol–water partition coefficient (Wildman–Crippen LogP) is 3.57. The number of phenols is 1. The lowest BCUT2D eigenvalue weighted by Crippen LogP contribution is -2.01. The molecule has 1 aromatic heterocycles. The fraction of sp³-hybridized carbons (Fsp3) is 0. The van der Waals surface area contributed by atoms with Gasteiger partial charge in [0, 0.05) is 16.2 Å². The SMILES string of the molecule is C=c1c2cccc3occ(c4cccc(O)c14)c32. The van der Waals surface area contributed by atoms with Gasteiger partial charge >= 0.3 is 0 Å². The summed E-state index contributed by atoms with van der Waals surface area (Å²) in [6.45, 7) is 4.12. The fourth-order valence-electron chi connectivity index (χ4n) is 2.75. The second kappa shape index (κ2) is 3.05. The summed E-state index contributed by atoms with van der Waals surface area (Å²) in [7, 11) is 0. The molecule has 86 valence electrons. The molecule has 4 aromatic rings. The smallest absolute Gasteiger partial charge is 0.135 e. The van der Waals surface area contributed by atoms with Crippen LogP contribution in [0.15, 0.2) is 47.1 Å². The largest absolute Gasteiger partial charge is 0.507 e. The standard InChI is InChI=1S/C16H10O2/c1-9-10-4-3-7-14-16(10)12(8-18-14)11-5-2-6-13(17)15(9)11/h2-8,17H,1H2. The van der Waals surface area contributed by atoms with Crippen molar-refractivity contribution in [3.05, 3.63) is 47.9 Å². The summed E-state index contributed by atoms with van der Waals surface area (Å²) < 4.78 is 5.58. The van der Waals surface area contributed by atoms with Crippen LogP contribution in [0.25, 0.3) is 39.1 Å². The quantitative estimate of drug-likeness (QED) is 0.472. The highest BCUT2D eigenvalue weighted by molar-refractivity contribution is 6.21. The maximum Gasteiger partial charge on any atom is 0.135 e. The molecular weight excluding hydrogens is 224 g/mol. The molecule has 0 saturated carbocycles. The average molecular weight is 234 g/mol. The van der Waals surface area contributed by atoms with Crippen molar-refractivity contribution in [3.63, 3.8) is 0 Å². The zero-order valence-corrected chi connectivity index (χ0v) is 9.60. The Bertz CT molecular complexity index is 948. The van der Waals surface area contributed by atoms with Crippen LogP contribution in [0.1, 0.15) is 0 Å². The van der Waals surface area contributed by atoms with E-state index in [0.717, 1.165) is 37.7 Å². The van der Waals surface area contributed by atoms with Crippen LogP contribution >= 0.6 is 0 Å². The van der Waals surface area contributed by atoms with Crippen molar-refractivity contribution in [2.24, 2.45) is 0 Å². The van der Waals surface area contributed by atoms with Gasteiger partial charge in [-0.2, -0.15) is 0 Å². The van der Waals surface area contributed by atoms with Crippen molar-refractivity contribution in [2.45, 2.75) is 0 Å². The highest BCUT2D eigenvalue weighted by Gasteiger charge is 2.12. The third-order valence-electron chi connectivity index (χ3n) is 3.56. The molecular formula is C16H10O2. The lowest BCUT2D eigenvalue weighted by Gasteiger charge is -2.06. The van der Waals surface area contributed by atoms with Gasteiger partial charge in [0.05, 0.1) is 6.26 Å². The molecule has 0 fully saturated rings. The van der Waals surface area contributed by atoms with Gasteiger partial charge in [0.25, 0.3) is 0 Å². The zero-order valence-electron chi connectivity index (χ0n) is 9.60. The summed E-state index contributed by atoms with van der Waals surface area (Å²) in [5, 5.41) is 15.8. The first kappa shape index (κ1) is 9.54. The van der Waals surface area contributed by atoms with E-state index in [2.05, 4.69) is 6.58 Å². The molecule has 0 saturated heterocycles. The van der Waals surface area contributed by atoms with Gasteiger partial charge in [-0.05, 0) is 28.1 Å². The summed E-state index contributed by atoms with van der Waals surface area (Å²) in [5.74, 6) is 0.265. The Hall–Kier alpha value is -2.48. The van der Waals surface area contributed by atoms with Crippen LogP contribution in [0, 0.1) is 0 Å². The molecule has 3 aromatic carbocycles. The minimum atomic E-state index is 0.265. The summed E-state index contributed by atoms with van der Waals surface area (Å²) in [6.07, 6.45) is 1.75. The van der Waals surface area contributed by atoms with Crippen LogP contribution in [0.5, 0.6) is 5.75 Å². The predicted molar refractivity (Wildman–Crippen MR) is 73.6 cm³/mol. The Balaban J connectivity index is 2.52. The van der Waals surface area contributed by atoms with Crippen LogP contribution in [-0.4, -0.2) is 5.11 Å². The van der Waals surface area contributed by atoms with E-state index in [4.69, 9.17) is 4.42 Å². The molecule has 0 unspecified atom stereocenters. The molecule has 2 heteroatoms. The minimum Gasteiger partial charge on any atom is -0.507 e. The highest BCUT2D eigenvalue weighted by Crippen LogP contribution is 2.34. The second-order valence-electron chi connectivity index (χ2n) is 4.51. The topological polar surface area (TPSA) is 33.4 Å². The van der Waals surface area contributed by atoms with Gasteiger partial charge in [-0.3, -0.25) is 0 Å². The molecule has 0 spiro atoms. The van der Waals surface area contributed by atoms with Crippen molar-refractivity contribution in [3.8, 4) is 5.75 Å². The average Bonchev–Trinajstić information content (AvgIpc) is 2.80. The van der Waals surface area contributed by atoms with E-state index in [0.29, 0.717) is 0 Å². The van der Waals surface area contributed by atoms with Crippen LogP contribution < -0.4 is 5.22 Å². The molecule has 0 radical (unpaired) electrons. The van der Waals surface area contributed by atoms with Gasteiger partial charge in [-0.1, -0.05) is 30.8 Å². The van der Waals surface area contributed by atoms with Crippen molar-refractivity contribution in [2.75, 3.05) is 0 Å². The zero-order chi connectivity index (χ0) is 12.3. The van der Waals surface area contributed by atoms with Gasteiger partial charge in [0.2, 0.25) is 0 Å². The Kier molecular flexibility index (Phi) is 1.61. The van der Waals surface area contributed by atoms with E-state index >= 15 is 0 Å². The number of phenolic OH excluding ortho intramolecular Hbond substituents is 1. The summed E-state index contributed by atoms with van der Waals surface area (Å²) in [6, 6.07) is 11.4. The van der Waals surface area contributed by atoms with Crippen LogP contribution in [0.4, 0.5) is 0 Å². The Morgan fingerprint density at radius 1 is 0.889 bits per heavy atom. The van der Waals surface area contributed by atoms with E-state index in [1.54, 1.807) is 12.3 Å². The molecule has 4 rings (SSSR count). The molecule has 0 aliphatic heterocycles. The van der Waals surface area contributed by atoms with E-state index in [1.807, 2.05) is 30.3 Å². The first-order valence-corrected chi connectivity index (χ1v) is 5.79. The molecule has 1 heterocycles. The molecule has 0 aliphatic rings. The third-order valence-corrected chi connectivity index (χ3v) is 3.56. The van der Waals surface area contributed by atoms with E-state index in [1.165, 1.54) is 0 Å². The minimum absolute atomic E-state index is 0.265. The molecule has 18 heavy (non-hydrogen) atoms. The van der Waals surface area contributed by atoms with Crippen LogP contribution in [0.2, 0.25) is 0 Å². The molecule has 1 N–H and O–H groups in total. The van der Waals surface area contributed by atoms with Crippen molar-refractivity contribution in [1.82, 2.24) is 0 Å². The maximum absolute atomic E-state index is 10.1. The normalized spacial score (nSPS) is 11.8. The number of furan rings is 1. The van der Waals surface area contributed by atoms with Crippen molar-refractivity contribution < 1.29 is 9.52 Å². The lowest BCUT2D eigenvalue weighted by atomic mass is 9.97. The van der Waals surface area contributed by atoms with Gasteiger partial charge in [-0.25, -0.2) is 0 Å². The third kappa shape index (κ3) is 0.979. The lowest BCUT2D eigenvalue weighted by molar-refractivity contribution is 0.481. The van der Waals surface area contributed by atoms with Gasteiger partial charge in [0.15, 0.2) is 0 Å². The van der Waals surface area contributed by atoms with Crippen LogP contribution in [-0.2, 0) is 0 Å². The number of hydrogen-bond acceptors (Lipinski definition) is 2.